The van der Waals surface area contributed by atoms with Gasteiger partial charge in [-0.05, 0) is 44.5 Å². The van der Waals surface area contributed by atoms with Gasteiger partial charge in [-0.25, -0.2) is 4.98 Å². The number of aryl methyl sites for hydroxylation is 1. The van der Waals surface area contributed by atoms with Crippen LogP contribution in [0.3, 0.4) is 0 Å². The Labute approximate surface area is 113 Å². The fourth-order valence-electron chi connectivity index (χ4n) is 2.03. The van der Waals surface area contributed by atoms with Gasteiger partial charge in [-0.1, -0.05) is 6.07 Å². The standard InChI is InChI=1S/C14H21N3O2/c1-11-2-3-13(16-10-11)17-14(18)6-9-19-12-4-7-15-8-5-12/h2-3,10,12,15H,4-9H2,1H3,(H,16,17,18). The van der Waals surface area contributed by atoms with Gasteiger partial charge < -0.3 is 15.4 Å². The molecule has 5 nitrogen and oxygen atoms in total. The molecule has 0 spiro atoms. The van der Waals surface area contributed by atoms with E-state index < -0.39 is 0 Å². The van der Waals surface area contributed by atoms with Gasteiger partial charge in [0.15, 0.2) is 0 Å². The highest BCUT2D eigenvalue weighted by atomic mass is 16.5. The molecule has 0 atom stereocenters. The minimum absolute atomic E-state index is 0.0507. The highest BCUT2D eigenvalue weighted by molar-refractivity contribution is 5.89. The Morgan fingerprint density at radius 3 is 2.95 bits per heavy atom. The van der Waals surface area contributed by atoms with Crippen LogP contribution in [-0.4, -0.2) is 36.7 Å². The smallest absolute Gasteiger partial charge is 0.227 e. The molecule has 0 aliphatic carbocycles. The summed E-state index contributed by atoms with van der Waals surface area (Å²) in [6.07, 6.45) is 4.47. The first-order valence-electron chi connectivity index (χ1n) is 6.79. The van der Waals surface area contributed by atoms with E-state index in [0.717, 1.165) is 31.5 Å². The number of aromatic nitrogens is 1. The van der Waals surface area contributed by atoms with Crippen LogP contribution in [0.1, 0.15) is 24.8 Å². The molecule has 2 rings (SSSR count). The predicted octanol–water partition coefficient (Wildman–Crippen LogP) is 1.49. The number of rotatable bonds is 5. The van der Waals surface area contributed by atoms with Gasteiger partial charge >= 0.3 is 0 Å². The second-order valence-corrected chi connectivity index (χ2v) is 4.84. The van der Waals surface area contributed by atoms with Crippen molar-refractivity contribution in [3.8, 4) is 0 Å². The van der Waals surface area contributed by atoms with Gasteiger partial charge in [0.2, 0.25) is 5.91 Å². The SMILES string of the molecule is Cc1ccc(NC(=O)CCOC2CCNCC2)nc1. The summed E-state index contributed by atoms with van der Waals surface area (Å²) in [4.78, 5) is 15.8. The normalized spacial score (nSPS) is 16.3. The summed E-state index contributed by atoms with van der Waals surface area (Å²) in [6.45, 7) is 4.45. The second-order valence-electron chi connectivity index (χ2n) is 4.84. The lowest BCUT2D eigenvalue weighted by Gasteiger charge is -2.22. The maximum atomic E-state index is 11.7. The maximum absolute atomic E-state index is 11.7. The van der Waals surface area contributed by atoms with Crippen LogP contribution in [0, 0.1) is 6.92 Å². The zero-order valence-electron chi connectivity index (χ0n) is 11.3. The van der Waals surface area contributed by atoms with E-state index in [9.17, 15) is 4.79 Å². The van der Waals surface area contributed by atoms with Crippen LogP contribution in [0.5, 0.6) is 0 Å². The van der Waals surface area contributed by atoms with Crippen molar-refractivity contribution in [3.63, 3.8) is 0 Å². The summed E-state index contributed by atoms with van der Waals surface area (Å²) in [7, 11) is 0. The van der Waals surface area contributed by atoms with E-state index in [1.165, 1.54) is 0 Å². The molecule has 2 N–H and O–H groups in total. The molecule has 0 unspecified atom stereocenters. The highest BCUT2D eigenvalue weighted by Crippen LogP contribution is 2.08. The molecule has 0 bridgehead atoms. The summed E-state index contributed by atoms with van der Waals surface area (Å²) >= 11 is 0. The number of amides is 1. The van der Waals surface area contributed by atoms with Crippen molar-refractivity contribution >= 4 is 11.7 Å². The Kier molecular flexibility index (Phi) is 5.30. The number of carbonyl (C=O) groups excluding carboxylic acids is 1. The number of piperidine rings is 1. The van der Waals surface area contributed by atoms with Crippen LogP contribution >= 0.6 is 0 Å². The molecule has 1 aromatic heterocycles. The summed E-state index contributed by atoms with van der Waals surface area (Å²) in [5.74, 6) is 0.544. The Morgan fingerprint density at radius 2 is 2.26 bits per heavy atom. The van der Waals surface area contributed by atoms with Gasteiger partial charge in [0.1, 0.15) is 5.82 Å². The third-order valence-corrected chi connectivity index (χ3v) is 3.15. The van der Waals surface area contributed by atoms with Crippen molar-refractivity contribution in [1.29, 1.82) is 0 Å². The third-order valence-electron chi connectivity index (χ3n) is 3.15. The summed E-state index contributed by atoms with van der Waals surface area (Å²) in [5.41, 5.74) is 1.08. The van der Waals surface area contributed by atoms with Gasteiger partial charge in [-0.2, -0.15) is 0 Å². The molecule has 1 aliphatic rings. The summed E-state index contributed by atoms with van der Waals surface area (Å²) < 4.78 is 5.69. The first-order chi connectivity index (χ1) is 9.24. The monoisotopic (exact) mass is 263 g/mol. The molecule has 104 valence electrons. The number of nitrogens with zero attached hydrogens (tertiary/aromatic N) is 1. The fourth-order valence-corrected chi connectivity index (χ4v) is 2.03. The molecule has 0 radical (unpaired) electrons. The van der Waals surface area contributed by atoms with Gasteiger partial charge in [0.05, 0.1) is 19.1 Å². The lowest BCUT2D eigenvalue weighted by Crippen LogP contribution is -2.33. The lowest BCUT2D eigenvalue weighted by molar-refractivity contribution is -0.117. The van der Waals surface area contributed by atoms with Crippen molar-refractivity contribution in [2.24, 2.45) is 0 Å². The van der Waals surface area contributed by atoms with Gasteiger partial charge in [-0.3, -0.25) is 4.79 Å². The Balaban J connectivity index is 1.65. The van der Waals surface area contributed by atoms with E-state index in [1.807, 2.05) is 13.0 Å². The first kappa shape index (κ1) is 14.0. The van der Waals surface area contributed by atoms with Gasteiger partial charge in [0, 0.05) is 6.20 Å². The number of pyridine rings is 1. The van der Waals surface area contributed by atoms with Crippen molar-refractivity contribution in [1.82, 2.24) is 10.3 Å². The van der Waals surface area contributed by atoms with Crippen molar-refractivity contribution in [2.75, 3.05) is 25.0 Å². The molecule has 1 aliphatic heterocycles. The van der Waals surface area contributed by atoms with Crippen molar-refractivity contribution < 1.29 is 9.53 Å². The molecule has 0 saturated carbocycles. The van der Waals surface area contributed by atoms with E-state index in [-0.39, 0.29) is 5.91 Å². The molecule has 19 heavy (non-hydrogen) atoms. The zero-order valence-corrected chi connectivity index (χ0v) is 11.3. The second kappa shape index (κ2) is 7.21. The largest absolute Gasteiger partial charge is 0.378 e. The van der Waals surface area contributed by atoms with Gasteiger partial charge in [-0.15, -0.1) is 0 Å². The molecule has 1 amide bonds. The Hall–Kier alpha value is -1.46. The number of hydrogen-bond acceptors (Lipinski definition) is 4. The summed E-state index contributed by atoms with van der Waals surface area (Å²) in [6, 6.07) is 3.73. The Bertz CT molecular complexity index is 400. The number of nitrogens with one attached hydrogen (secondary N) is 2. The molecular weight excluding hydrogens is 242 g/mol. The van der Waals surface area contributed by atoms with Crippen LogP contribution < -0.4 is 10.6 Å². The maximum Gasteiger partial charge on any atom is 0.227 e. The average molecular weight is 263 g/mol. The number of ether oxygens (including phenoxy) is 1. The topological polar surface area (TPSA) is 63.2 Å². The number of hydrogen-bond donors (Lipinski definition) is 2. The zero-order chi connectivity index (χ0) is 13.5. The van der Waals surface area contributed by atoms with Gasteiger partial charge in [0.25, 0.3) is 0 Å². The van der Waals surface area contributed by atoms with Crippen LogP contribution in [0.4, 0.5) is 5.82 Å². The molecule has 1 saturated heterocycles. The molecule has 5 heteroatoms. The van der Waals surface area contributed by atoms with Crippen molar-refractivity contribution in [2.45, 2.75) is 32.3 Å². The predicted molar refractivity (Wildman–Crippen MR) is 74.1 cm³/mol. The minimum atomic E-state index is -0.0507. The fraction of sp³-hybridized carbons (Fsp3) is 0.571. The van der Waals surface area contributed by atoms with E-state index in [4.69, 9.17) is 4.74 Å². The van der Waals surface area contributed by atoms with Crippen molar-refractivity contribution in [3.05, 3.63) is 23.9 Å². The van der Waals surface area contributed by atoms with Crippen LogP contribution in [0.15, 0.2) is 18.3 Å². The van der Waals surface area contributed by atoms with E-state index in [0.29, 0.717) is 24.9 Å². The molecule has 1 aromatic rings. The number of carbonyl (C=O) groups is 1. The molecular formula is C14H21N3O2. The number of anilines is 1. The summed E-state index contributed by atoms with van der Waals surface area (Å²) in [5, 5.41) is 6.05. The van der Waals surface area contributed by atoms with Crippen LogP contribution in [-0.2, 0) is 9.53 Å². The molecule has 1 fully saturated rings. The minimum Gasteiger partial charge on any atom is -0.378 e. The van der Waals surface area contributed by atoms with Crippen LogP contribution in [0.25, 0.3) is 0 Å². The highest BCUT2D eigenvalue weighted by Gasteiger charge is 2.13. The van der Waals surface area contributed by atoms with E-state index in [2.05, 4.69) is 15.6 Å². The Morgan fingerprint density at radius 1 is 1.47 bits per heavy atom. The average Bonchev–Trinajstić information content (AvgIpc) is 2.43. The molecule has 0 aromatic carbocycles. The van der Waals surface area contributed by atoms with Crippen LogP contribution in [0.2, 0.25) is 0 Å². The quantitative estimate of drug-likeness (QED) is 0.845. The first-order valence-corrected chi connectivity index (χ1v) is 6.79. The van der Waals surface area contributed by atoms with E-state index in [1.54, 1.807) is 12.3 Å². The lowest BCUT2D eigenvalue weighted by atomic mass is 10.1. The third kappa shape index (κ3) is 4.96. The molecule has 2 heterocycles. The van der Waals surface area contributed by atoms with E-state index >= 15 is 0 Å².